The number of hydrogen-bond donors (Lipinski definition) is 3. The number of aromatic amines is 1. The van der Waals surface area contributed by atoms with E-state index in [0.717, 1.165) is 54.4 Å². The lowest BCUT2D eigenvalue weighted by Gasteiger charge is -2.47. The summed E-state index contributed by atoms with van der Waals surface area (Å²) in [6, 6.07) is 24.3. The zero-order chi connectivity index (χ0) is 26.2. The van der Waals surface area contributed by atoms with Gasteiger partial charge in [0.05, 0.1) is 6.61 Å². The third kappa shape index (κ3) is 4.43. The highest BCUT2D eigenvalue weighted by Crippen LogP contribution is 2.55. The van der Waals surface area contributed by atoms with Gasteiger partial charge in [0, 0.05) is 27.8 Å². The van der Waals surface area contributed by atoms with Crippen molar-refractivity contribution in [3.05, 3.63) is 95.1 Å². The Balaban J connectivity index is 1.17. The van der Waals surface area contributed by atoms with Crippen LogP contribution in [0.4, 0.5) is 5.69 Å². The van der Waals surface area contributed by atoms with E-state index in [1.807, 2.05) is 30.5 Å². The maximum absolute atomic E-state index is 12.6. The van der Waals surface area contributed by atoms with E-state index in [1.165, 1.54) is 11.1 Å². The summed E-state index contributed by atoms with van der Waals surface area (Å²) in [5.41, 5.74) is 3.70. The molecule has 6 rings (SSSR count). The van der Waals surface area contributed by atoms with Crippen LogP contribution >= 0.6 is 11.6 Å². The second kappa shape index (κ2) is 10.0. The number of aromatic nitrogens is 1. The largest absolute Gasteiger partial charge is 0.491 e. The molecule has 0 aliphatic heterocycles. The summed E-state index contributed by atoms with van der Waals surface area (Å²) in [5.74, 6) is 0.590. The molecular formula is C32H33ClN2O3. The number of aliphatic carboxylic acids is 1. The van der Waals surface area contributed by atoms with Crippen LogP contribution in [0.25, 0.3) is 10.9 Å². The monoisotopic (exact) mass is 528 g/mol. The van der Waals surface area contributed by atoms with Crippen molar-refractivity contribution >= 4 is 34.2 Å². The standard InChI is InChI=1S/C32H33ClN2O3/c33-24-9-5-10-25(20-24)35-32(30(36)37)16-14-31(15-17-32)23(19-22-7-1-3-12-27(22)31)8-6-18-38-29-21-34-28-13-4-2-11-26(28)29/h1-5,7,9-13,20-21,23,34-35H,6,8,14-19H2,(H,36,37). The van der Waals surface area contributed by atoms with E-state index < -0.39 is 11.5 Å². The first-order valence-electron chi connectivity index (χ1n) is 13.5. The lowest BCUT2D eigenvalue weighted by atomic mass is 9.60. The van der Waals surface area contributed by atoms with Gasteiger partial charge in [-0.15, -0.1) is 0 Å². The number of halogens is 1. The van der Waals surface area contributed by atoms with Gasteiger partial charge in [-0.3, -0.25) is 0 Å². The number of benzene rings is 3. The summed E-state index contributed by atoms with van der Waals surface area (Å²) in [4.78, 5) is 15.9. The van der Waals surface area contributed by atoms with Gasteiger partial charge in [-0.05, 0) is 97.7 Å². The van der Waals surface area contributed by atoms with Crippen LogP contribution < -0.4 is 10.1 Å². The molecule has 1 aromatic heterocycles. The maximum Gasteiger partial charge on any atom is 0.329 e. The fourth-order valence-corrected chi connectivity index (χ4v) is 7.14. The van der Waals surface area contributed by atoms with Crippen molar-refractivity contribution in [3.63, 3.8) is 0 Å². The molecule has 2 aliphatic rings. The topological polar surface area (TPSA) is 74.3 Å². The van der Waals surface area contributed by atoms with E-state index in [0.29, 0.717) is 30.4 Å². The number of nitrogens with one attached hydrogen (secondary N) is 2. The Bertz CT molecular complexity index is 1450. The summed E-state index contributed by atoms with van der Waals surface area (Å²) >= 11 is 6.18. The molecule has 1 atom stereocenters. The lowest BCUT2D eigenvalue weighted by molar-refractivity contribution is -0.144. The highest BCUT2D eigenvalue weighted by molar-refractivity contribution is 6.30. The smallest absolute Gasteiger partial charge is 0.329 e. The van der Waals surface area contributed by atoms with Crippen LogP contribution in [-0.2, 0) is 16.6 Å². The van der Waals surface area contributed by atoms with Gasteiger partial charge < -0.3 is 20.1 Å². The number of para-hydroxylation sites is 1. The third-order valence-electron chi connectivity index (χ3n) is 8.92. The summed E-state index contributed by atoms with van der Waals surface area (Å²) in [6.45, 7) is 0.667. The molecule has 0 saturated heterocycles. The quantitative estimate of drug-likeness (QED) is 0.206. The molecule has 38 heavy (non-hydrogen) atoms. The number of ether oxygens (including phenoxy) is 1. The fraction of sp³-hybridized carbons (Fsp3) is 0.344. The van der Waals surface area contributed by atoms with Gasteiger partial charge >= 0.3 is 5.97 Å². The van der Waals surface area contributed by atoms with Gasteiger partial charge in [-0.1, -0.05) is 54.1 Å². The van der Waals surface area contributed by atoms with E-state index >= 15 is 0 Å². The molecule has 3 aromatic carbocycles. The number of carbonyl (C=O) groups is 1. The predicted molar refractivity (Wildman–Crippen MR) is 152 cm³/mol. The number of fused-ring (bicyclic) bond motifs is 3. The second-order valence-electron chi connectivity index (χ2n) is 10.9. The first kappa shape index (κ1) is 24.9. The third-order valence-corrected chi connectivity index (χ3v) is 9.16. The minimum absolute atomic E-state index is 0.00629. The molecule has 0 bridgehead atoms. The van der Waals surface area contributed by atoms with E-state index in [4.69, 9.17) is 16.3 Å². The van der Waals surface area contributed by atoms with Crippen molar-refractivity contribution in [2.75, 3.05) is 11.9 Å². The number of carboxylic acid groups (broad SMARTS) is 1. The van der Waals surface area contributed by atoms with Gasteiger partial charge in [0.15, 0.2) is 0 Å². The average molecular weight is 529 g/mol. The van der Waals surface area contributed by atoms with Crippen LogP contribution in [0.5, 0.6) is 5.75 Å². The molecule has 2 aliphatic carbocycles. The predicted octanol–water partition coefficient (Wildman–Crippen LogP) is 7.60. The van der Waals surface area contributed by atoms with E-state index in [1.54, 1.807) is 12.1 Å². The Morgan fingerprint density at radius 1 is 1.03 bits per heavy atom. The highest BCUT2D eigenvalue weighted by Gasteiger charge is 2.53. The fourth-order valence-electron chi connectivity index (χ4n) is 6.95. The first-order chi connectivity index (χ1) is 18.5. The van der Waals surface area contributed by atoms with Crippen molar-refractivity contribution in [2.24, 2.45) is 5.92 Å². The van der Waals surface area contributed by atoms with Crippen molar-refractivity contribution in [1.29, 1.82) is 0 Å². The molecule has 0 radical (unpaired) electrons. The molecule has 6 heteroatoms. The Labute approximate surface area is 228 Å². The average Bonchev–Trinajstić information content (AvgIpc) is 3.47. The van der Waals surface area contributed by atoms with Crippen LogP contribution in [0.1, 0.15) is 49.7 Å². The van der Waals surface area contributed by atoms with Gasteiger partial charge in [0.1, 0.15) is 11.3 Å². The first-order valence-corrected chi connectivity index (χ1v) is 13.9. The van der Waals surface area contributed by atoms with Gasteiger partial charge in [-0.25, -0.2) is 4.79 Å². The Morgan fingerprint density at radius 2 is 1.82 bits per heavy atom. The maximum atomic E-state index is 12.6. The minimum atomic E-state index is -0.990. The van der Waals surface area contributed by atoms with Crippen LogP contribution in [0.15, 0.2) is 79.0 Å². The van der Waals surface area contributed by atoms with E-state index in [2.05, 4.69) is 46.7 Å². The highest BCUT2D eigenvalue weighted by atomic mass is 35.5. The SMILES string of the molecule is O=C(O)C1(Nc2cccc(Cl)c2)CCC2(CC1)c1ccccc1CC2CCCOc1c[nH]c2ccccc12. The summed E-state index contributed by atoms with van der Waals surface area (Å²) < 4.78 is 6.18. The lowest BCUT2D eigenvalue weighted by Crippen LogP contribution is -2.53. The van der Waals surface area contributed by atoms with Crippen LogP contribution in [0.2, 0.25) is 5.02 Å². The zero-order valence-electron chi connectivity index (χ0n) is 21.4. The molecule has 0 amide bonds. The molecule has 1 spiro atoms. The summed E-state index contributed by atoms with van der Waals surface area (Å²) in [5, 5.41) is 15.4. The molecule has 196 valence electrons. The molecular weight excluding hydrogens is 496 g/mol. The molecule has 4 aromatic rings. The molecule has 1 heterocycles. The zero-order valence-corrected chi connectivity index (χ0v) is 22.1. The van der Waals surface area contributed by atoms with Gasteiger partial charge in [0.25, 0.3) is 0 Å². The molecule has 5 nitrogen and oxygen atoms in total. The van der Waals surface area contributed by atoms with Crippen molar-refractivity contribution < 1.29 is 14.6 Å². The Hall–Kier alpha value is -3.44. The van der Waals surface area contributed by atoms with Gasteiger partial charge in [0.2, 0.25) is 0 Å². The second-order valence-corrected chi connectivity index (χ2v) is 11.4. The summed E-state index contributed by atoms with van der Waals surface area (Å²) in [6.07, 6.45) is 7.85. The van der Waals surface area contributed by atoms with Crippen LogP contribution in [-0.4, -0.2) is 28.2 Å². The normalized spacial score (nSPS) is 24.4. The summed E-state index contributed by atoms with van der Waals surface area (Å²) in [7, 11) is 0. The van der Waals surface area contributed by atoms with Crippen molar-refractivity contribution in [3.8, 4) is 5.75 Å². The van der Waals surface area contributed by atoms with Crippen molar-refractivity contribution in [2.45, 2.75) is 55.9 Å². The Kier molecular flexibility index (Phi) is 6.56. The number of rotatable bonds is 8. The molecule has 1 unspecified atom stereocenters. The molecule has 3 N–H and O–H groups in total. The van der Waals surface area contributed by atoms with E-state index in [9.17, 15) is 9.90 Å². The number of hydrogen-bond acceptors (Lipinski definition) is 3. The van der Waals surface area contributed by atoms with Crippen LogP contribution in [0, 0.1) is 5.92 Å². The number of anilines is 1. The minimum Gasteiger partial charge on any atom is -0.491 e. The Morgan fingerprint density at radius 3 is 2.63 bits per heavy atom. The van der Waals surface area contributed by atoms with Gasteiger partial charge in [-0.2, -0.15) is 0 Å². The molecule has 1 saturated carbocycles. The number of carboxylic acids is 1. The molecule has 1 fully saturated rings. The van der Waals surface area contributed by atoms with E-state index in [-0.39, 0.29) is 5.41 Å². The van der Waals surface area contributed by atoms with Crippen molar-refractivity contribution in [1.82, 2.24) is 4.98 Å². The number of H-pyrrole nitrogens is 1. The van der Waals surface area contributed by atoms with Crippen LogP contribution in [0.3, 0.4) is 0 Å².